The highest BCUT2D eigenvalue weighted by Gasteiger charge is 2.16. The highest BCUT2D eigenvalue weighted by molar-refractivity contribution is 9.10. The van der Waals surface area contributed by atoms with Crippen molar-refractivity contribution in [3.05, 3.63) is 34.3 Å². The van der Waals surface area contributed by atoms with E-state index in [0.717, 1.165) is 10.0 Å². The number of hydrogen-bond acceptors (Lipinski definition) is 2. The van der Waals surface area contributed by atoms with Crippen molar-refractivity contribution < 1.29 is 9.59 Å². The number of benzene rings is 1. The molecule has 1 aromatic rings. The second-order valence-corrected chi connectivity index (χ2v) is 5.53. The highest BCUT2D eigenvalue weighted by atomic mass is 79.9. The van der Waals surface area contributed by atoms with Crippen LogP contribution in [0, 0.1) is 0 Å². The third-order valence-corrected chi connectivity index (χ3v) is 3.71. The number of amides is 2. The molecule has 20 heavy (non-hydrogen) atoms. The van der Waals surface area contributed by atoms with Crippen LogP contribution in [0.3, 0.4) is 0 Å². The molecule has 0 aliphatic rings. The summed E-state index contributed by atoms with van der Waals surface area (Å²) in [6, 6.07) is 7.62. The molecule has 0 bridgehead atoms. The van der Waals surface area contributed by atoms with Crippen molar-refractivity contribution in [1.29, 1.82) is 0 Å². The van der Waals surface area contributed by atoms with E-state index in [1.165, 1.54) is 4.90 Å². The maximum atomic E-state index is 12.1. The summed E-state index contributed by atoms with van der Waals surface area (Å²) >= 11 is 3.36. The summed E-state index contributed by atoms with van der Waals surface area (Å²) in [4.78, 5) is 27.2. The predicted octanol–water partition coefficient (Wildman–Crippen LogP) is 2.32. The van der Waals surface area contributed by atoms with Crippen LogP contribution >= 0.6 is 15.9 Å². The molecule has 110 valence electrons. The SMILES string of the molecule is CCN(CC)C(=O)CN(C)C(=O)Cc1ccc(Br)cc1. The first kappa shape index (κ1) is 16.7. The van der Waals surface area contributed by atoms with Crippen LogP contribution in [-0.4, -0.2) is 48.3 Å². The molecular weight excluding hydrogens is 320 g/mol. The molecular formula is C15H21BrN2O2. The standard InChI is InChI=1S/C15H21BrN2O2/c1-4-18(5-2)15(20)11-17(3)14(19)10-12-6-8-13(16)9-7-12/h6-9H,4-5,10-11H2,1-3H3. The van der Waals surface area contributed by atoms with Crippen molar-refractivity contribution >= 4 is 27.7 Å². The van der Waals surface area contributed by atoms with Crippen LogP contribution in [0.4, 0.5) is 0 Å². The van der Waals surface area contributed by atoms with Gasteiger partial charge in [0.15, 0.2) is 0 Å². The largest absolute Gasteiger partial charge is 0.342 e. The molecule has 0 heterocycles. The van der Waals surface area contributed by atoms with Crippen molar-refractivity contribution in [2.24, 2.45) is 0 Å². The minimum atomic E-state index is -0.0483. The van der Waals surface area contributed by atoms with Gasteiger partial charge < -0.3 is 9.80 Å². The number of carbonyl (C=O) groups excluding carboxylic acids is 2. The van der Waals surface area contributed by atoms with Gasteiger partial charge in [0, 0.05) is 24.6 Å². The second-order valence-electron chi connectivity index (χ2n) is 4.62. The van der Waals surface area contributed by atoms with Gasteiger partial charge in [0.2, 0.25) is 11.8 Å². The number of nitrogens with zero attached hydrogens (tertiary/aromatic N) is 2. The number of halogens is 1. The molecule has 5 heteroatoms. The van der Waals surface area contributed by atoms with Crippen LogP contribution in [0.2, 0.25) is 0 Å². The zero-order valence-electron chi connectivity index (χ0n) is 12.2. The van der Waals surface area contributed by atoms with Gasteiger partial charge in [-0.15, -0.1) is 0 Å². The van der Waals surface area contributed by atoms with Crippen molar-refractivity contribution in [2.75, 3.05) is 26.7 Å². The molecule has 0 saturated carbocycles. The summed E-state index contributed by atoms with van der Waals surface area (Å²) in [6.45, 7) is 5.35. The predicted molar refractivity (Wildman–Crippen MR) is 83.4 cm³/mol. The normalized spacial score (nSPS) is 10.2. The Balaban J connectivity index is 2.54. The first-order valence-electron chi connectivity index (χ1n) is 6.74. The first-order chi connectivity index (χ1) is 9.47. The monoisotopic (exact) mass is 340 g/mol. The molecule has 0 atom stereocenters. The fraction of sp³-hybridized carbons (Fsp3) is 0.467. The Labute approximate surface area is 128 Å². The van der Waals surface area contributed by atoms with Crippen molar-refractivity contribution in [3.8, 4) is 0 Å². The average Bonchev–Trinajstić information content (AvgIpc) is 2.42. The zero-order chi connectivity index (χ0) is 15.1. The summed E-state index contributed by atoms with van der Waals surface area (Å²) in [6.07, 6.45) is 0.315. The van der Waals surface area contributed by atoms with E-state index in [9.17, 15) is 9.59 Å². The molecule has 0 aromatic heterocycles. The molecule has 1 rings (SSSR count). The van der Waals surface area contributed by atoms with E-state index >= 15 is 0 Å². The van der Waals surface area contributed by atoms with Crippen LogP contribution in [-0.2, 0) is 16.0 Å². The fourth-order valence-electron chi connectivity index (χ4n) is 1.88. The van der Waals surface area contributed by atoms with Gasteiger partial charge in [0.1, 0.15) is 0 Å². The molecule has 0 aliphatic carbocycles. The van der Waals surface area contributed by atoms with Crippen LogP contribution in [0.5, 0.6) is 0 Å². The third kappa shape index (κ3) is 4.96. The Bertz CT molecular complexity index is 455. The third-order valence-electron chi connectivity index (χ3n) is 3.18. The molecule has 4 nitrogen and oxygen atoms in total. The summed E-state index contributed by atoms with van der Waals surface area (Å²) in [5.41, 5.74) is 0.945. The van der Waals surface area contributed by atoms with E-state index in [0.29, 0.717) is 19.5 Å². The van der Waals surface area contributed by atoms with Gasteiger partial charge in [-0.2, -0.15) is 0 Å². The van der Waals surface area contributed by atoms with Crippen molar-refractivity contribution in [3.63, 3.8) is 0 Å². The summed E-state index contributed by atoms with van der Waals surface area (Å²) in [5, 5.41) is 0. The van der Waals surface area contributed by atoms with Gasteiger partial charge in [0.05, 0.1) is 13.0 Å². The highest BCUT2D eigenvalue weighted by Crippen LogP contribution is 2.11. The topological polar surface area (TPSA) is 40.6 Å². The Morgan fingerprint density at radius 1 is 1.05 bits per heavy atom. The molecule has 0 saturated heterocycles. The lowest BCUT2D eigenvalue weighted by Crippen LogP contribution is -2.41. The molecule has 0 unspecified atom stereocenters. The van der Waals surface area contributed by atoms with Gasteiger partial charge >= 0.3 is 0 Å². The maximum Gasteiger partial charge on any atom is 0.242 e. The smallest absolute Gasteiger partial charge is 0.242 e. The van der Waals surface area contributed by atoms with E-state index in [-0.39, 0.29) is 18.4 Å². The number of carbonyl (C=O) groups is 2. The van der Waals surface area contributed by atoms with E-state index in [1.54, 1.807) is 11.9 Å². The van der Waals surface area contributed by atoms with Crippen LogP contribution < -0.4 is 0 Å². The molecule has 0 spiro atoms. The van der Waals surface area contributed by atoms with E-state index in [1.807, 2.05) is 38.1 Å². The lowest BCUT2D eigenvalue weighted by molar-refractivity contribution is -0.138. The number of rotatable bonds is 6. The van der Waals surface area contributed by atoms with Crippen molar-refractivity contribution in [2.45, 2.75) is 20.3 Å². The van der Waals surface area contributed by atoms with Crippen LogP contribution in [0.25, 0.3) is 0 Å². The van der Waals surface area contributed by atoms with Gasteiger partial charge in [-0.1, -0.05) is 28.1 Å². The summed E-state index contributed by atoms with van der Waals surface area (Å²) < 4.78 is 0.985. The number of likely N-dealkylation sites (N-methyl/N-ethyl adjacent to an activating group) is 2. The Kier molecular flexibility index (Phi) is 6.71. The minimum absolute atomic E-state index is 0.0124. The molecule has 0 aliphatic heterocycles. The van der Waals surface area contributed by atoms with Gasteiger partial charge in [0.25, 0.3) is 0 Å². The maximum absolute atomic E-state index is 12.1. The lowest BCUT2D eigenvalue weighted by Gasteiger charge is -2.23. The zero-order valence-corrected chi connectivity index (χ0v) is 13.8. The molecule has 1 aromatic carbocycles. The number of hydrogen-bond donors (Lipinski definition) is 0. The second kappa shape index (κ2) is 8.04. The van der Waals surface area contributed by atoms with Crippen molar-refractivity contribution in [1.82, 2.24) is 9.80 Å². The quantitative estimate of drug-likeness (QED) is 0.797. The van der Waals surface area contributed by atoms with Gasteiger partial charge in [-0.05, 0) is 31.5 Å². The van der Waals surface area contributed by atoms with E-state index in [2.05, 4.69) is 15.9 Å². The average molecular weight is 341 g/mol. The fourth-order valence-corrected chi connectivity index (χ4v) is 2.14. The van der Waals surface area contributed by atoms with E-state index < -0.39 is 0 Å². The van der Waals surface area contributed by atoms with E-state index in [4.69, 9.17) is 0 Å². The Hall–Kier alpha value is -1.36. The molecule has 0 N–H and O–H groups in total. The van der Waals surface area contributed by atoms with Crippen LogP contribution in [0.1, 0.15) is 19.4 Å². The summed E-state index contributed by atoms with van der Waals surface area (Å²) in [5.74, 6) is -0.0607. The minimum Gasteiger partial charge on any atom is -0.342 e. The Morgan fingerprint density at radius 2 is 1.60 bits per heavy atom. The van der Waals surface area contributed by atoms with Crippen LogP contribution in [0.15, 0.2) is 28.7 Å². The first-order valence-corrected chi connectivity index (χ1v) is 7.53. The molecule has 0 fully saturated rings. The molecule has 0 radical (unpaired) electrons. The summed E-state index contributed by atoms with van der Waals surface area (Å²) in [7, 11) is 1.67. The molecule has 2 amide bonds. The van der Waals surface area contributed by atoms with Gasteiger partial charge in [-0.3, -0.25) is 9.59 Å². The van der Waals surface area contributed by atoms with Gasteiger partial charge in [-0.25, -0.2) is 0 Å². The lowest BCUT2D eigenvalue weighted by atomic mass is 10.1. The Morgan fingerprint density at radius 3 is 2.10 bits per heavy atom.